The van der Waals surface area contributed by atoms with Crippen molar-refractivity contribution in [1.82, 2.24) is 9.80 Å². The number of carbonyl (C=O) groups excluding carboxylic acids is 3. The zero-order valence-corrected chi connectivity index (χ0v) is 18.3. The summed E-state index contributed by atoms with van der Waals surface area (Å²) in [6.45, 7) is 10.1. The molecule has 0 saturated heterocycles. The normalized spacial score (nSPS) is 13.3. The van der Waals surface area contributed by atoms with Crippen molar-refractivity contribution in [2.24, 2.45) is 0 Å². The Morgan fingerprint density at radius 1 is 1.10 bits per heavy atom. The van der Waals surface area contributed by atoms with Gasteiger partial charge in [-0.15, -0.1) is 0 Å². The number of aliphatic hydroxyl groups is 1. The Labute approximate surface area is 173 Å². The zero-order valence-electron chi connectivity index (χ0n) is 18.3. The van der Waals surface area contributed by atoms with Crippen LogP contribution in [0.3, 0.4) is 0 Å². The molecule has 0 fully saturated rings. The van der Waals surface area contributed by atoms with Crippen molar-refractivity contribution in [2.75, 3.05) is 13.1 Å². The van der Waals surface area contributed by atoms with Gasteiger partial charge in [0.2, 0.25) is 5.91 Å². The smallest absolute Gasteiger partial charge is 0.327 e. The van der Waals surface area contributed by atoms with Crippen LogP contribution >= 0.6 is 0 Å². The second-order valence-electron chi connectivity index (χ2n) is 8.04. The number of benzene rings is 1. The SMILES string of the molecule is CCC(=O)N(CC(=O)OC(C)(C)C)C(=O)N(CC(O)c1ccccc1)C(C)CC. The number of carbonyl (C=O) groups is 3. The molecule has 7 nitrogen and oxygen atoms in total. The van der Waals surface area contributed by atoms with Crippen LogP contribution in [0.4, 0.5) is 4.79 Å². The molecule has 0 aliphatic carbocycles. The summed E-state index contributed by atoms with van der Waals surface area (Å²) < 4.78 is 5.28. The lowest BCUT2D eigenvalue weighted by Gasteiger charge is -2.34. The summed E-state index contributed by atoms with van der Waals surface area (Å²) in [6.07, 6.45) is -0.202. The van der Waals surface area contributed by atoms with Crippen LogP contribution in [-0.4, -0.2) is 57.5 Å². The second kappa shape index (κ2) is 11.0. The van der Waals surface area contributed by atoms with Gasteiger partial charge < -0.3 is 14.7 Å². The second-order valence-corrected chi connectivity index (χ2v) is 8.04. The van der Waals surface area contributed by atoms with Crippen LogP contribution in [-0.2, 0) is 14.3 Å². The molecule has 29 heavy (non-hydrogen) atoms. The molecule has 2 unspecified atom stereocenters. The van der Waals surface area contributed by atoms with Gasteiger partial charge in [0, 0.05) is 12.5 Å². The third-order valence-corrected chi connectivity index (χ3v) is 4.46. The monoisotopic (exact) mass is 406 g/mol. The van der Waals surface area contributed by atoms with Gasteiger partial charge in [0.05, 0.1) is 12.6 Å². The molecule has 0 aliphatic heterocycles. The first kappa shape index (κ1) is 24.6. The molecule has 0 saturated carbocycles. The largest absolute Gasteiger partial charge is 0.459 e. The fraction of sp³-hybridized carbons (Fsp3) is 0.591. The fourth-order valence-electron chi connectivity index (χ4n) is 2.75. The van der Waals surface area contributed by atoms with Crippen LogP contribution in [0, 0.1) is 0 Å². The van der Waals surface area contributed by atoms with E-state index >= 15 is 0 Å². The van der Waals surface area contributed by atoms with Gasteiger partial charge in [0.15, 0.2) is 0 Å². The van der Waals surface area contributed by atoms with Crippen LogP contribution in [0.15, 0.2) is 30.3 Å². The van der Waals surface area contributed by atoms with Gasteiger partial charge in [0.25, 0.3) is 0 Å². The molecule has 1 rings (SSSR count). The number of ether oxygens (including phenoxy) is 1. The molecule has 1 aromatic carbocycles. The van der Waals surface area contributed by atoms with Crippen molar-refractivity contribution in [2.45, 2.75) is 72.1 Å². The van der Waals surface area contributed by atoms with E-state index in [1.54, 1.807) is 39.8 Å². The van der Waals surface area contributed by atoms with Gasteiger partial charge in [-0.1, -0.05) is 44.2 Å². The van der Waals surface area contributed by atoms with E-state index in [1.165, 1.54) is 4.90 Å². The molecule has 2 atom stereocenters. The quantitative estimate of drug-likeness (QED) is 0.668. The van der Waals surface area contributed by atoms with Crippen LogP contribution in [0.2, 0.25) is 0 Å². The summed E-state index contributed by atoms with van der Waals surface area (Å²) in [5.41, 5.74) is -0.0462. The van der Waals surface area contributed by atoms with Crippen molar-refractivity contribution in [3.63, 3.8) is 0 Å². The Bertz CT molecular complexity index is 684. The van der Waals surface area contributed by atoms with Crippen LogP contribution in [0.1, 0.15) is 66.1 Å². The highest BCUT2D eigenvalue weighted by Crippen LogP contribution is 2.19. The van der Waals surface area contributed by atoms with Crippen molar-refractivity contribution in [3.05, 3.63) is 35.9 Å². The summed E-state index contributed by atoms with van der Waals surface area (Å²) in [4.78, 5) is 40.3. The first-order valence-electron chi connectivity index (χ1n) is 10.1. The first-order chi connectivity index (χ1) is 13.5. The Kier molecular flexibility index (Phi) is 9.30. The Morgan fingerprint density at radius 2 is 1.69 bits per heavy atom. The highest BCUT2D eigenvalue weighted by Gasteiger charge is 2.32. The van der Waals surface area contributed by atoms with Crippen molar-refractivity contribution < 1.29 is 24.2 Å². The molecule has 3 amide bonds. The molecule has 7 heteroatoms. The summed E-state index contributed by atoms with van der Waals surface area (Å²) in [5, 5.41) is 10.6. The van der Waals surface area contributed by atoms with Crippen molar-refractivity contribution in [3.8, 4) is 0 Å². The minimum absolute atomic E-state index is 0.0136. The van der Waals surface area contributed by atoms with Gasteiger partial charge in [-0.25, -0.2) is 4.79 Å². The molecule has 0 aliphatic rings. The van der Waals surface area contributed by atoms with E-state index in [0.717, 1.165) is 4.90 Å². The number of urea groups is 1. The maximum absolute atomic E-state index is 13.2. The fourth-order valence-corrected chi connectivity index (χ4v) is 2.75. The summed E-state index contributed by atoms with van der Waals surface area (Å²) in [7, 11) is 0. The summed E-state index contributed by atoms with van der Waals surface area (Å²) in [6, 6.07) is 8.18. The number of rotatable bonds is 8. The van der Waals surface area contributed by atoms with Gasteiger partial charge in [-0.2, -0.15) is 0 Å². The Balaban J connectivity index is 3.07. The number of hydrogen-bond donors (Lipinski definition) is 1. The highest BCUT2D eigenvalue weighted by atomic mass is 16.6. The molecule has 0 radical (unpaired) electrons. The lowest BCUT2D eigenvalue weighted by Crippen LogP contribution is -2.52. The maximum Gasteiger partial charge on any atom is 0.327 e. The number of imide groups is 1. The summed E-state index contributed by atoms with van der Waals surface area (Å²) >= 11 is 0. The van der Waals surface area contributed by atoms with Crippen LogP contribution in [0.5, 0.6) is 0 Å². The van der Waals surface area contributed by atoms with E-state index in [9.17, 15) is 19.5 Å². The number of esters is 1. The molecule has 1 N–H and O–H groups in total. The average Bonchev–Trinajstić information content (AvgIpc) is 2.67. The Morgan fingerprint density at radius 3 is 2.17 bits per heavy atom. The Hall–Kier alpha value is -2.41. The molecule has 0 heterocycles. The number of nitrogens with zero attached hydrogens (tertiary/aromatic N) is 2. The highest BCUT2D eigenvalue weighted by molar-refractivity contribution is 5.97. The van der Waals surface area contributed by atoms with Crippen LogP contribution in [0.25, 0.3) is 0 Å². The molecule has 0 bridgehead atoms. The number of aliphatic hydroxyl groups excluding tert-OH is 1. The van der Waals surface area contributed by atoms with E-state index in [4.69, 9.17) is 4.74 Å². The van der Waals surface area contributed by atoms with Gasteiger partial charge >= 0.3 is 12.0 Å². The van der Waals surface area contributed by atoms with Gasteiger partial charge in [-0.05, 0) is 39.7 Å². The number of amides is 3. The van der Waals surface area contributed by atoms with Gasteiger partial charge in [-0.3, -0.25) is 14.5 Å². The third-order valence-electron chi connectivity index (χ3n) is 4.46. The van der Waals surface area contributed by atoms with E-state index in [1.807, 2.05) is 32.0 Å². The lowest BCUT2D eigenvalue weighted by atomic mass is 10.1. The first-order valence-corrected chi connectivity index (χ1v) is 10.1. The zero-order chi connectivity index (χ0) is 22.2. The van der Waals surface area contributed by atoms with E-state index in [0.29, 0.717) is 12.0 Å². The maximum atomic E-state index is 13.2. The molecular formula is C22H34N2O5. The third kappa shape index (κ3) is 7.85. The predicted octanol–water partition coefficient (Wildman–Crippen LogP) is 3.52. The topological polar surface area (TPSA) is 87.2 Å². The van der Waals surface area contributed by atoms with Gasteiger partial charge in [0.1, 0.15) is 12.1 Å². The minimum atomic E-state index is -0.908. The molecule has 162 valence electrons. The van der Waals surface area contributed by atoms with E-state index in [2.05, 4.69) is 0 Å². The molecular weight excluding hydrogens is 372 g/mol. The number of hydrogen-bond acceptors (Lipinski definition) is 5. The van der Waals surface area contributed by atoms with Crippen molar-refractivity contribution in [1.29, 1.82) is 0 Å². The van der Waals surface area contributed by atoms with Crippen LogP contribution < -0.4 is 0 Å². The molecule has 0 spiro atoms. The van der Waals surface area contributed by atoms with Crippen molar-refractivity contribution >= 4 is 17.9 Å². The molecule has 1 aromatic rings. The van der Waals surface area contributed by atoms with E-state index < -0.39 is 36.2 Å². The summed E-state index contributed by atoms with van der Waals surface area (Å²) in [5.74, 6) is -1.12. The lowest BCUT2D eigenvalue weighted by molar-refractivity contribution is -0.157. The van der Waals surface area contributed by atoms with E-state index in [-0.39, 0.29) is 19.0 Å². The minimum Gasteiger partial charge on any atom is -0.459 e. The average molecular weight is 407 g/mol. The molecule has 0 aromatic heterocycles. The predicted molar refractivity (Wildman–Crippen MR) is 111 cm³/mol. The standard InChI is InChI=1S/C22H34N2O5/c1-7-16(3)23(14-18(25)17-12-10-9-11-13-17)21(28)24(19(26)8-2)15-20(27)29-22(4,5)6/h9-13,16,18,25H,7-8,14-15H2,1-6H3.